The summed E-state index contributed by atoms with van der Waals surface area (Å²) in [4.78, 5) is 18.3. The molecular weight excluding hydrogens is 340 g/mol. The standard InChI is InChI=1S/C15H24N8OS/c1-22-12(19-21-15(22)25-2)9-10-5-7-23(8-6-10)13(24)4-3-11-17-14(16)20-18-11/h10H,3-9H2,1-2H3,(H3,16,17,18,20). The van der Waals surface area contributed by atoms with E-state index < -0.39 is 0 Å². The van der Waals surface area contributed by atoms with Gasteiger partial charge in [-0.2, -0.15) is 4.98 Å². The van der Waals surface area contributed by atoms with Crippen molar-refractivity contribution < 1.29 is 4.79 Å². The van der Waals surface area contributed by atoms with Gasteiger partial charge in [0.2, 0.25) is 11.9 Å². The van der Waals surface area contributed by atoms with E-state index in [9.17, 15) is 4.79 Å². The van der Waals surface area contributed by atoms with Crippen molar-refractivity contribution in [2.75, 3.05) is 25.1 Å². The summed E-state index contributed by atoms with van der Waals surface area (Å²) in [6, 6.07) is 0. The molecule has 0 radical (unpaired) electrons. The molecule has 3 rings (SSSR count). The largest absolute Gasteiger partial charge is 0.367 e. The first-order chi connectivity index (χ1) is 12.1. The Bertz CT molecular complexity index is 719. The summed E-state index contributed by atoms with van der Waals surface area (Å²) >= 11 is 1.60. The number of hydrogen-bond acceptors (Lipinski definition) is 7. The maximum absolute atomic E-state index is 12.3. The fourth-order valence-electron chi connectivity index (χ4n) is 3.15. The molecule has 10 heteroatoms. The van der Waals surface area contributed by atoms with Crippen LogP contribution in [0.1, 0.15) is 30.9 Å². The van der Waals surface area contributed by atoms with Gasteiger partial charge in [-0.05, 0) is 25.0 Å². The minimum absolute atomic E-state index is 0.164. The molecule has 0 unspecified atom stereocenters. The summed E-state index contributed by atoms with van der Waals surface area (Å²) in [7, 11) is 2.01. The number of nitrogen functional groups attached to an aromatic ring is 1. The lowest BCUT2D eigenvalue weighted by Gasteiger charge is -2.31. The van der Waals surface area contributed by atoms with Gasteiger partial charge in [0.15, 0.2) is 5.16 Å². The molecule has 0 atom stereocenters. The maximum atomic E-state index is 12.3. The molecule has 1 saturated heterocycles. The third kappa shape index (κ3) is 4.30. The SMILES string of the molecule is CSc1nnc(CC2CCN(C(=O)CCc3nc(N)n[nH]3)CC2)n1C. The molecule has 25 heavy (non-hydrogen) atoms. The number of aromatic amines is 1. The quantitative estimate of drug-likeness (QED) is 0.722. The van der Waals surface area contributed by atoms with E-state index in [-0.39, 0.29) is 11.9 Å². The summed E-state index contributed by atoms with van der Waals surface area (Å²) in [5.74, 6) is 2.62. The van der Waals surface area contributed by atoms with Crippen LogP contribution < -0.4 is 5.73 Å². The highest BCUT2D eigenvalue weighted by Crippen LogP contribution is 2.23. The highest BCUT2D eigenvalue weighted by Gasteiger charge is 2.24. The Morgan fingerprint density at radius 2 is 2.12 bits per heavy atom. The Morgan fingerprint density at radius 3 is 2.72 bits per heavy atom. The second-order valence-corrected chi connectivity index (χ2v) is 7.10. The van der Waals surface area contributed by atoms with Crippen molar-refractivity contribution in [3.05, 3.63) is 11.6 Å². The average Bonchev–Trinajstić information content (AvgIpc) is 3.19. The highest BCUT2D eigenvalue weighted by molar-refractivity contribution is 7.98. The van der Waals surface area contributed by atoms with Crippen LogP contribution in [0.3, 0.4) is 0 Å². The maximum Gasteiger partial charge on any atom is 0.239 e. The molecule has 3 N–H and O–H groups in total. The van der Waals surface area contributed by atoms with Crippen molar-refractivity contribution >= 4 is 23.6 Å². The number of nitrogens with two attached hydrogens (primary N) is 1. The van der Waals surface area contributed by atoms with E-state index in [1.165, 1.54) is 0 Å². The van der Waals surface area contributed by atoms with Gasteiger partial charge in [-0.15, -0.1) is 15.3 Å². The molecule has 1 amide bonds. The van der Waals surface area contributed by atoms with Gasteiger partial charge in [-0.1, -0.05) is 11.8 Å². The first-order valence-corrected chi connectivity index (χ1v) is 9.66. The summed E-state index contributed by atoms with van der Waals surface area (Å²) < 4.78 is 2.06. The van der Waals surface area contributed by atoms with Crippen LogP contribution in [0.25, 0.3) is 0 Å². The fourth-order valence-corrected chi connectivity index (χ4v) is 3.65. The fraction of sp³-hybridized carbons (Fsp3) is 0.667. The van der Waals surface area contributed by atoms with E-state index in [0.29, 0.717) is 24.6 Å². The number of hydrogen-bond donors (Lipinski definition) is 2. The van der Waals surface area contributed by atoms with Crippen LogP contribution in [0.4, 0.5) is 5.95 Å². The van der Waals surface area contributed by atoms with Gasteiger partial charge in [0, 0.05) is 39.4 Å². The van der Waals surface area contributed by atoms with E-state index >= 15 is 0 Å². The predicted molar refractivity (Wildman–Crippen MR) is 94.9 cm³/mol. The zero-order valence-electron chi connectivity index (χ0n) is 14.6. The number of rotatable bonds is 6. The van der Waals surface area contributed by atoms with Gasteiger partial charge in [-0.25, -0.2) is 0 Å². The Hall–Kier alpha value is -2.10. The summed E-state index contributed by atoms with van der Waals surface area (Å²) in [5.41, 5.74) is 5.47. The van der Waals surface area contributed by atoms with Crippen molar-refractivity contribution in [3.63, 3.8) is 0 Å². The Morgan fingerprint density at radius 1 is 1.36 bits per heavy atom. The number of carbonyl (C=O) groups is 1. The van der Waals surface area contributed by atoms with Crippen LogP contribution in [0, 0.1) is 5.92 Å². The normalized spacial score (nSPS) is 15.7. The van der Waals surface area contributed by atoms with Crippen molar-refractivity contribution in [1.29, 1.82) is 0 Å². The van der Waals surface area contributed by atoms with E-state index in [1.807, 2.05) is 18.2 Å². The molecule has 0 saturated carbocycles. The zero-order valence-corrected chi connectivity index (χ0v) is 15.4. The van der Waals surface area contributed by atoms with Crippen LogP contribution in [0.2, 0.25) is 0 Å². The van der Waals surface area contributed by atoms with Crippen LogP contribution in [0.5, 0.6) is 0 Å². The lowest BCUT2D eigenvalue weighted by Crippen LogP contribution is -2.39. The van der Waals surface area contributed by atoms with E-state index in [1.54, 1.807) is 11.8 Å². The first kappa shape index (κ1) is 17.7. The molecule has 1 aliphatic heterocycles. The van der Waals surface area contributed by atoms with Crippen LogP contribution >= 0.6 is 11.8 Å². The second kappa shape index (κ2) is 7.85. The van der Waals surface area contributed by atoms with Crippen molar-refractivity contribution in [2.24, 2.45) is 13.0 Å². The van der Waals surface area contributed by atoms with Crippen LogP contribution in [-0.2, 0) is 24.7 Å². The molecule has 0 aliphatic carbocycles. The molecule has 9 nitrogen and oxygen atoms in total. The minimum atomic E-state index is 0.164. The number of nitrogens with one attached hydrogen (secondary N) is 1. The number of thioether (sulfide) groups is 1. The number of aryl methyl sites for hydroxylation is 1. The molecule has 1 fully saturated rings. The first-order valence-electron chi connectivity index (χ1n) is 8.43. The number of likely N-dealkylation sites (tertiary alicyclic amines) is 1. The lowest BCUT2D eigenvalue weighted by atomic mass is 9.93. The lowest BCUT2D eigenvalue weighted by molar-refractivity contribution is -0.132. The molecule has 0 spiro atoms. The van der Waals surface area contributed by atoms with Gasteiger partial charge >= 0.3 is 0 Å². The van der Waals surface area contributed by atoms with Gasteiger partial charge in [-0.3, -0.25) is 9.89 Å². The molecule has 2 aromatic rings. The van der Waals surface area contributed by atoms with E-state index in [2.05, 4.69) is 29.9 Å². The molecule has 3 heterocycles. The zero-order chi connectivity index (χ0) is 17.8. The number of anilines is 1. The number of piperidine rings is 1. The summed E-state index contributed by atoms with van der Waals surface area (Å²) in [6.07, 6.45) is 5.90. The number of nitrogens with zero attached hydrogens (tertiary/aromatic N) is 6. The predicted octanol–water partition coefficient (Wildman–Crippen LogP) is 0.651. The van der Waals surface area contributed by atoms with Crippen LogP contribution in [0.15, 0.2) is 5.16 Å². The van der Waals surface area contributed by atoms with Gasteiger partial charge < -0.3 is 15.2 Å². The van der Waals surface area contributed by atoms with Crippen molar-refractivity contribution in [3.8, 4) is 0 Å². The summed E-state index contributed by atoms with van der Waals surface area (Å²) in [5, 5.41) is 15.9. The molecule has 0 aromatic carbocycles. The number of amides is 1. The number of carbonyl (C=O) groups excluding carboxylic acids is 1. The summed E-state index contributed by atoms with van der Waals surface area (Å²) in [6.45, 7) is 1.60. The molecule has 136 valence electrons. The monoisotopic (exact) mass is 364 g/mol. The smallest absolute Gasteiger partial charge is 0.239 e. The molecular formula is C15H24N8OS. The van der Waals surface area contributed by atoms with Gasteiger partial charge in [0.05, 0.1) is 0 Å². The Balaban J connectivity index is 1.44. The van der Waals surface area contributed by atoms with Gasteiger partial charge in [0.1, 0.15) is 11.6 Å². The highest BCUT2D eigenvalue weighted by atomic mass is 32.2. The van der Waals surface area contributed by atoms with E-state index in [0.717, 1.165) is 43.3 Å². The van der Waals surface area contributed by atoms with Crippen LogP contribution in [-0.4, -0.2) is 60.1 Å². The Labute approximate surface area is 150 Å². The van der Waals surface area contributed by atoms with Crippen molar-refractivity contribution in [2.45, 2.75) is 37.3 Å². The molecule has 0 bridgehead atoms. The van der Waals surface area contributed by atoms with Gasteiger partial charge in [0.25, 0.3) is 0 Å². The third-order valence-electron chi connectivity index (χ3n) is 4.67. The Kier molecular flexibility index (Phi) is 5.57. The average molecular weight is 364 g/mol. The molecule has 1 aliphatic rings. The number of H-pyrrole nitrogens is 1. The van der Waals surface area contributed by atoms with Crippen molar-refractivity contribution in [1.82, 2.24) is 34.8 Å². The molecule has 2 aromatic heterocycles. The van der Waals surface area contributed by atoms with E-state index in [4.69, 9.17) is 5.73 Å². The third-order valence-corrected chi connectivity index (χ3v) is 5.39. The second-order valence-electron chi connectivity index (χ2n) is 6.33. The topological polar surface area (TPSA) is 119 Å². The minimum Gasteiger partial charge on any atom is -0.367 e. The number of aromatic nitrogens is 6.